The van der Waals surface area contributed by atoms with Crippen LogP contribution in [-0.2, 0) is 9.47 Å². The molecular weight excluding hydrogens is 256 g/mol. The fraction of sp³-hybridized carbons (Fsp3) is 0.933. The van der Waals surface area contributed by atoms with Crippen LogP contribution in [0, 0.1) is 0 Å². The summed E-state index contributed by atoms with van der Waals surface area (Å²) in [7, 11) is 0. The van der Waals surface area contributed by atoms with Gasteiger partial charge in [-0.25, -0.2) is 4.79 Å². The minimum atomic E-state index is -0.486. The summed E-state index contributed by atoms with van der Waals surface area (Å²) in [6.07, 6.45) is 1.12. The molecule has 5 nitrogen and oxygen atoms in total. The second-order valence-electron chi connectivity index (χ2n) is 7.41. The topological polar surface area (TPSA) is 73.6 Å². The zero-order chi connectivity index (χ0) is 16.0. The first kappa shape index (κ1) is 19.2. The largest absolute Gasteiger partial charge is 0.444 e. The summed E-state index contributed by atoms with van der Waals surface area (Å²) < 4.78 is 11.1. The molecule has 0 spiro atoms. The van der Waals surface area contributed by atoms with E-state index in [2.05, 4.69) is 5.32 Å². The third-order valence-electron chi connectivity index (χ3n) is 2.81. The first-order valence-electron chi connectivity index (χ1n) is 7.22. The van der Waals surface area contributed by atoms with Crippen molar-refractivity contribution in [2.75, 3.05) is 13.2 Å². The Kier molecular flexibility index (Phi) is 6.98. The van der Waals surface area contributed by atoms with Gasteiger partial charge in [0.1, 0.15) is 5.60 Å². The molecule has 5 heteroatoms. The molecule has 0 bridgehead atoms. The lowest BCUT2D eigenvalue weighted by Crippen LogP contribution is -2.46. The molecular formula is C15H32N2O3. The van der Waals surface area contributed by atoms with E-state index in [1.54, 1.807) is 0 Å². The van der Waals surface area contributed by atoms with Crippen molar-refractivity contribution < 1.29 is 14.3 Å². The predicted molar refractivity (Wildman–Crippen MR) is 81.8 cm³/mol. The van der Waals surface area contributed by atoms with Gasteiger partial charge in [0.25, 0.3) is 0 Å². The zero-order valence-corrected chi connectivity index (χ0v) is 14.1. The molecule has 0 aromatic carbocycles. The van der Waals surface area contributed by atoms with E-state index in [0.717, 1.165) is 6.42 Å². The average Bonchev–Trinajstić information content (AvgIpc) is 2.11. The van der Waals surface area contributed by atoms with Crippen LogP contribution in [0.3, 0.4) is 0 Å². The number of hydrogen-bond acceptors (Lipinski definition) is 4. The highest BCUT2D eigenvalue weighted by molar-refractivity contribution is 5.68. The van der Waals surface area contributed by atoms with Crippen molar-refractivity contribution in [1.29, 1.82) is 0 Å². The van der Waals surface area contributed by atoms with Gasteiger partial charge >= 0.3 is 6.09 Å². The first-order valence-corrected chi connectivity index (χ1v) is 7.22. The number of alkyl carbamates (subject to hydrolysis) is 1. The van der Waals surface area contributed by atoms with Crippen LogP contribution in [0.25, 0.3) is 0 Å². The molecule has 0 aliphatic heterocycles. The minimum absolute atomic E-state index is 0.225. The SMILES string of the molecule is CC(C)(CCOC(C)(C)CCN)NC(=O)OC(C)(C)C. The maximum Gasteiger partial charge on any atom is 0.408 e. The molecule has 0 rings (SSSR count). The average molecular weight is 288 g/mol. The summed E-state index contributed by atoms with van der Waals surface area (Å²) in [4.78, 5) is 11.7. The summed E-state index contributed by atoms with van der Waals surface area (Å²) in [5.74, 6) is 0. The molecule has 0 aliphatic carbocycles. The van der Waals surface area contributed by atoms with Gasteiger partial charge in [-0.15, -0.1) is 0 Å². The highest BCUT2D eigenvalue weighted by atomic mass is 16.6. The van der Waals surface area contributed by atoms with Crippen LogP contribution in [0.15, 0.2) is 0 Å². The molecule has 0 saturated carbocycles. The van der Waals surface area contributed by atoms with Crippen LogP contribution in [-0.4, -0.2) is 36.0 Å². The van der Waals surface area contributed by atoms with Crippen LogP contribution >= 0.6 is 0 Å². The van der Waals surface area contributed by atoms with Crippen LogP contribution in [0.2, 0.25) is 0 Å². The molecule has 1 amide bonds. The fourth-order valence-electron chi connectivity index (χ4n) is 1.64. The molecule has 0 unspecified atom stereocenters. The first-order chi connectivity index (χ1) is 8.87. The number of rotatable bonds is 7. The van der Waals surface area contributed by atoms with Crippen molar-refractivity contribution in [3.63, 3.8) is 0 Å². The molecule has 0 saturated heterocycles. The van der Waals surface area contributed by atoms with Crippen molar-refractivity contribution in [1.82, 2.24) is 5.32 Å². The highest BCUT2D eigenvalue weighted by Gasteiger charge is 2.25. The quantitative estimate of drug-likeness (QED) is 0.755. The van der Waals surface area contributed by atoms with E-state index >= 15 is 0 Å². The van der Waals surface area contributed by atoms with E-state index in [1.807, 2.05) is 48.5 Å². The molecule has 3 N–H and O–H groups in total. The second-order valence-corrected chi connectivity index (χ2v) is 7.41. The number of nitrogens with two attached hydrogens (primary N) is 1. The highest BCUT2D eigenvalue weighted by Crippen LogP contribution is 2.17. The van der Waals surface area contributed by atoms with Gasteiger partial charge in [0.15, 0.2) is 0 Å². The van der Waals surface area contributed by atoms with Gasteiger partial charge in [-0.3, -0.25) is 0 Å². The third-order valence-corrected chi connectivity index (χ3v) is 2.81. The van der Waals surface area contributed by atoms with Crippen LogP contribution in [0.5, 0.6) is 0 Å². The normalized spacial score (nSPS) is 13.2. The Labute approximate surface area is 123 Å². The number of nitrogens with one attached hydrogen (secondary N) is 1. The molecule has 0 atom stereocenters. The monoisotopic (exact) mass is 288 g/mol. The summed E-state index contributed by atoms with van der Waals surface area (Å²) in [5.41, 5.74) is 4.46. The van der Waals surface area contributed by atoms with Gasteiger partial charge in [0, 0.05) is 12.1 Å². The number of hydrogen-bond donors (Lipinski definition) is 2. The summed E-state index contributed by atoms with van der Waals surface area (Å²) in [6.45, 7) is 14.7. The number of carbonyl (C=O) groups excluding carboxylic acids is 1. The van der Waals surface area contributed by atoms with Gasteiger partial charge in [0.2, 0.25) is 0 Å². The van der Waals surface area contributed by atoms with E-state index in [0.29, 0.717) is 19.6 Å². The lowest BCUT2D eigenvalue weighted by atomic mass is 10.0. The maximum atomic E-state index is 11.7. The molecule has 0 aliphatic rings. The van der Waals surface area contributed by atoms with Crippen molar-refractivity contribution in [2.24, 2.45) is 5.73 Å². The van der Waals surface area contributed by atoms with Gasteiger partial charge in [0.05, 0.1) is 5.60 Å². The Morgan fingerprint density at radius 1 is 1.05 bits per heavy atom. The van der Waals surface area contributed by atoms with Crippen molar-refractivity contribution in [2.45, 2.75) is 78.0 Å². The standard InChI is InChI=1S/C15H32N2O3/c1-13(2,3)20-12(18)17-14(4,5)9-11-19-15(6,7)8-10-16/h8-11,16H2,1-7H3,(H,17,18). The van der Waals surface area contributed by atoms with E-state index < -0.39 is 11.7 Å². The Bertz CT molecular complexity index is 307. The molecule has 0 aromatic rings. The van der Waals surface area contributed by atoms with E-state index in [4.69, 9.17) is 15.2 Å². The van der Waals surface area contributed by atoms with Crippen molar-refractivity contribution in [3.05, 3.63) is 0 Å². The molecule has 0 fully saturated rings. The van der Waals surface area contributed by atoms with Crippen LogP contribution in [0.1, 0.15) is 61.3 Å². The Balaban J connectivity index is 4.16. The van der Waals surface area contributed by atoms with Crippen molar-refractivity contribution >= 4 is 6.09 Å². The van der Waals surface area contributed by atoms with E-state index in [1.165, 1.54) is 0 Å². The molecule has 0 heterocycles. The Morgan fingerprint density at radius 2 is 1.60 bits per heavy atom. The van der Waals surface area contributed by atoms with Gasteiger partial charge < -0.3 is 20.5 Å². The summed E-state index contributed by atoms with van der Waals surface area (Å²) in [6, 6.07) is 0. The van der Waals surface area contributed by atoms with Gasteiger partial charge in [-0.05, 0) is 67.9 Å². The lowest BCUT2D eigenvalue weighted by molar-refractivity contribution is -0.0295. The smallest absolute Gasteiger partial charge is 0.408 e. The number of ether oxygens (including phenoxy) is 2. The summed E-state index contributed by atoms with van der Waals surface area (Å²) >= 11 is 0. The van der Waals surface area contributed by atoms with Crippen LogP contribution in [0.4, 0.5) is 4.79 Å². The molecule has 0 aromatic heterocycles. The van der Waals surface area contributed by atoms with Gasteiger partial charge in [-0.1, -0.05) is 0 Å². The zero-order valence-electron chi connectivity index (χ0n) is 14.1. The lowest BCUT2D eigenvalue weighted by Gasteiger charge is -2.31. The number of amides is 1. The second kappa shape index (κ2) is 7.27. The van der Waals surface area contributed by atoms with Gasteiger partial charge in [-0.2, -0.15) is 0 Å². The van der Waals surface area contributed by atoms with E-state index in [-0.39, 0.29) is 11.1 Å². The third kappa shape index (κ3) is 10.0. The predicted octanol–water partition coefficient (Wildman–Crippen LogP) is 2.82. The Hall–Kier alpha value is -0.810. The number of carbonyl (C=O) groups is 1. The Morgan fingerprint density at radius 3 is 2.05 bits per heavy atom. The molecule has 0 radical (unpaired) electrons. The van der Waals surface area contributed by atoms with E-state index in [9.17, 15) is 4.79 Å². The maximum absolute atomic E-state index is 11.7. The molecule has 20 heavy (non-hydrogen) atoms. The van der Waals surface area contributed by atoms with Crippen molar-refractivity contribution in [3.8, 4) is 0 Å². The summed E-state index contributed by atoms with van der Waals surface area (Å²) in [5, 5.41) is 2.87. The van der Waals surface area contributed by atoms with Crippen LogP contribution < -0.4 is 11.1 Å². The molecule has 120 valence electrons. The minimum Gasteiger partial charge on any atom is -0.444 e. The fourth-order valence-corrected chi connectivity index (χ4v) is 1.64.